The SMILES string of the molecule is COc1cc([N+](=O)[O-])c(C(=O)O)c(O)c1OC. The number of benzene rings is 1. The van der Waals surface area contributed by atoms with Crippen molar-refractivity contribution in [1.29, 1.82) is 0 Å². The predicted molar refractivity (Wildman–Crippen MR) is 54.8 cm³/mol. The lowest BCUT2D eigenvalue weighted by Crippen LogP contribution is -2.05. The van der Waals surface area contributed by atoms with Crippen LogP contribution in [-0.2, 0) is 0 Å². The van der Waals surface area contributed by atoms with Gasteiger partial charge >= 0.3 is 5.97 Å². The van der Waals surface area contributed by atoms with E-state index >= 15 is 0 Å². The van der Waals surface area contributed by atoms with Gasteiger partial charge in [-0.05, 0) is 0 Å². The number of aromatic carboxylic acids is 1. The third kappa shape index (κ3) is 2.05. The molecule has 17 heavy (non-hydrogen) atoms. The molecule has 8 heteroatoms. The van der Waals surface area contributed by atoms with E-state index in [0.29, 0.717) is 0 Å². The Morgan fingerprint density at radius 3 is 2.35 bits per heavy atom. The number of methoxy groups -OCH3 is 2. The summed E-state index contributed by atoms with van der Waals surface area (Å²) in [7, 11) is 2.39. The number of hydrogen-bond acceptors (Lipinski definition) is 6. The first-order chi connectivity index (χ1) is 7.93. The number of hydrogen-bond donors (Lipinski definition) is 2. The molecule has 0 unspecified atom stereocenters. The van der Waals surface area contributed by atoms with Crippen LogP contribution in [0.25, 0.3) is 0 Å². The van der Waals surface area contributed by atoms with Crippen LogP contribution in [-0.4, -0.2) is 35.3 Å². The van der Waals surface area contributed by atoms with Gasteiger partial charge in [-0.2, -0.15) is 0 Å². The third-order valence-electron chi connectivity index (χ3n) is 2.03. The molecule has 0 amide bonds. The minimum atomic E-state index is -1.63. The van der Waals surface area contributed by atoms with Gasteiger partial charge in [0.15, 0.2) is 17.1 Å². The van der Waals surface area contributed by atoms with Crippen LogP contribution < -0.4 is 9.47 Å². The zero-order chi connectivity index (χ0) is 13.2. The van der Waals surface area contributed by atoms with Gasteiger partial charge in [-0.15, -0.1) is 0 Å². The Kier molecular flexibility index (Phi) is 3.37. The van der Waals surface area contributed by atoms with Crippen molar-refractivity contribution in [3.05, 3.63) is 21.7 Å². The molecule has 1 rings (SSSR count). The smallest absolute Gasteiger partial charge is 0.346 e. The molecule has 92 valence electrons. The standard InChI is InChI=1S/C9H9NO7/c1-16-5-3-4(10(14)15)6(9(12)13)7(11)8(5)17-2/h3,11H,1-2H3,(H,12,13). The lowest BCUT2D eigenvalue weighted by Gasteiger charge is -2.11. The summed E-state index contributed by atoms with van der Waals surface area (Å²) in [6, 6.07) is 0.877. The molecule has 0 aromatic heterocycles. The van der Waals surface area contributed by atoms with Gasteiger partial charge in [-0.1, -0.05) is 0 Å². The topological polar surface area (TPSA) is 119 Å². The summed E-state index contributed by atoms with van der Waals surface area (Å²) >= 11 is 0. The van der Waals surface area contributed by atoms with Crippen LogP contribution in [0, 0.1) is 10.1 Å². The van der Waals surface area contributed by atoms with E-state index in [0.717, 1.165) is 6.07 Å². The Morgan fingerprint density at radius 1 is 1.41 bits per heavy atom. The minimum Gasteiger partial charge on any atom is -0.503 e. The van der Waals surface area contributed by atoms with Gasteiger partial charge in [0.05, 0.1) is 25.2 Å². The summed E-state index contributed by atoms with van der Waals surface area (Å²) in [5.41, 5.74) is -1.61. The van der Waals surface area contributed by atoms with Crippen molar-refractivity contribution in [2.45, 2.75) is 0 Å². The molecule has 0 heterocycles. The minimum absolute atomic E-state index is 0.123. The molecule has 0 radical (unpaired) electrons. The summed E-state index contributed by atoms with van der Waals surface area (Å²) in [5.74, 6) is -2.86. The van der Waals surface area contributed by atoms with Crippen molar-refractivity contribution in [1.82, 2.24) is 0 Å². The van der Waals surface area contributed by atoms with Crippen molar-refractivity contribution in [2.75, 3.05) is 14.2 Å². The Bertz CT molecular complexity index is 483. The molecule has 0 saturated carbocycles. The lowest BCUT2D eigenvalue weighted by molar-refractivity contribution is -0.385. The molecule has 0 fully saturated rings. The van der Waals surface area contributed by atoms with Gasteiger partial charge in [-0.3, -0.25) is 10.1 Å². The number of carboxylic acids is 1. The summed E-state index contributed by atoms with van der Waals surface area (Å²) < 4.78 is 9.49. The second kappa shape index (κ2) is 4.56. The van der Waals surface area contributed by atoms with E-state index in [4.69, 9.17) is 14.6 Å². The average Bonchev–Trinajstić information content (AvgIpc) is 2.26. The van der Waals surface area contributed by atoms with Gasteiger partial charge in [0.1, 0.15) is 0 Å². The van der Waals surface area contributed by atoms with E-state index in [-0.39, 0.29) is 11.5 Å². The van der Waals surface area contributed by atoms with Crippen molar-refractivity contribution in [2.24, 2.45) is 0 Å². The molecular weight excluding hydrogens is 234 g/mol. The molecule has 1 aromatic rings. The second-order valence-corrected chi connectivity index (χ2v) is 2.92. The van der Waals surface area contributed by atoms with Gasteiger partial charge < -0.3 is 19.7 Å². The number of carboxylic acid groups (broad SMARTS) is 1. The highest BCUT2D eigenvalue weighted by Gasteiger charge is 2.30. The maximum Gasteiger partial charge on any atom is 0.346 e. The van der Waals surface area contributed by atoms with E-state index < -0.39 is 27.9 Å². The molecule has 8 nitrogen and oxygen atoms in total. The largest absolute Gasteiger partial charge is 0.503 e. The highest BCUT2D eigenvalue weighted by atomic mass is 16.6. The summed E-state index contributed by atoms with van der Waals surface area (Å²) in [5, 5.41) is 29.1. The number of carbonyl (C=O) groups is 1. The maximum atomic E-state index is 10.9. The number of nitro benzene ring substituents is 1. The Balaban J connectivity index is 3.67. The van der Waals surface area contributed by atoms with Crippen molar-refractivity contribution >= 4 is 11.7 Å². The number of ether oxygens (including phenoxy) is 2. The normalized spacial score (nSPS) is 9.76. The van der Waals surface area contributed by atoms with Crippen LogP contribution in [0.15, 0.2) is 6.07 Å². The number of phenols is 1. The van der Waals surface area contributed by atoms with Crippen LogP contribution in [0.3, 0.4) is 0 Å². The monoisotopic (exact) mass is 243 g/mol. The highest BCUT2D eigenvalue weighted by Crippen LogP contribution is 2.43. The molecule has 0 aliphatic rings. The Hall–Kier alpha value is -2.51. The fourth-order valence-electron chi connectivity index (χ4n) is 1.32. The first-order valence-corrected chi connectivity index (χ1v) is 4.29. The van der Waals surface area contributed by atoms with Gasteiger partial charge in [0.25, 0.3) is 5.69 Å². The molecule has 0 spiro atoms. The molecule has 1 aromatic carbocycles. The third-order valence-corrected chi connectivity index (χ3v) is 2.03. The number of nitro groups is 1. The zero-order valence-electron chi connectivity index (χ0n) is 8.96. The Labute approximate surface area is 95.2 Å². The van der Waals surface area contributed by atoms with Crippen LogP contribution >= 0.6 is 0 Å². The lowest BCUT2D eigenvalue weighted by atomic mass is 10.1. The molecule has 0 atom stereocenters. The van der Waals surface area contributed by atoms with Crippen molar-refractivity contribution in [3.8, 4) is 17.2 Å². The van der Waals surface area contributed by atoms with E-state index in [1.54, 1.807) is 0 Å². The van der Waals surface area contributed by atoms with Crippen LogP contribution in [0.4, 0.5) is 5.69 Å². The first kappa shape index (κ1) is 12.6. The number of aromatic hydroxyl groups is 1. The van der Waals surface area contributed by atoms with E-state index in [1.165, 1.54) is 14.2 Å². The average molecular weight is 243 g/mol. The zero-order valence-corrected chi connectivity index (χ0v) is 8.96. The number of rotatable bonds is 4. The van der Waals surface area contributed by atoms with Gasteiger partial charge in [0, 0.05) is 0 Å². The number of nitrogens with zero attached hydrogens (tertiary/aromatic N) is 1. The molecule has 0 bridgehead atoms. The molecule has 0 aliphatic heterocycles. The van der Waals surface area contributed by atoms with Gasteiger partial charge in [0.2, 0.25) is 5.75 Å². The molecular formula is C9H9NO7. The van der Waals surface area contributed by atoms with Crippen LogP contribution in [0.2, 0.25) is 0 Å². The summed E-state index contributed by atoms with van der Waals surface area (Å²) in [4.78, 5) is 20.6. The molecule has 2 N–H and O–H groups in total. The predicted octanol–water partition coefficient (Wildman–Crippen LogP) is 1.02. The Morgan fingerprint density at radius 2 is 2.00 bits per heavy atom. The molecule has 0 aliphatic carbocycles. The van der Waals surface area contributed by atoms with Gasteiger partial charge in [-0.25, -0.2) is 4.79 Å². The summed E-state index contributed by atoms with van der Waals surface area (Å²) in [6.07, 6.45) is 0. The quantitative estimate of drug-likeness (QED) is 0.598. The fraction of sp³-hybridized carbons (Fsp3) is 0.222. The summed E-state index contributed by atoms with van der Waals surface area (Å²) in [6.45, 7) is 0. The van der Waals surface area contributed by atoms with E-state index in [2.05, 4.69) is 0 Å². The molecule has 0 saturated heterocycles. The highest BCUT2D eigenvalue weighted by molar-refractivity contribution is 5.97. The van der Waals surface area contributed by atoms with E-state index in [9.17, 15) is 20.0 Å². The van der Waals surface area contributed by atoms with Crippen LogP contribution in [0.1, 0.15) is 10.4 Å². The first-order valence-electron chi connectivity index (χ1n) is 4.29. The fourth-order valence-corrected chi connectivity index (χ4v) is 1.32. The second-order valence-electron chi connectivity index (χ2n) is 2.92. The van der Waals surface area contributed by atoms with E-state index in [1.807, 2.05) is 0 Å². The maximum absolute atomic E-state index is 10.9. The van der Waals surface area contributed by atoms with Crippen molar-refractivity contribution in [3.63, 3.8) is 0 Å². The van der Waals surface area contributed by atoms with Crippen molar-refractivity contribution < 1.29 is 29.4 Å². The van der Waals surface area contributed by atoms with Crippen LogP contribution in [0.5, 0.6) is 17.2 Å².